The number of benzene rings is 3. The van der Waals surface area contributed by atoms with Crippen LogP contribution in [0.5, 0.6) is 0 Å². The number of carbonyl (C=O) groups excluding carboxylic acids is 4. The summed E-state index contributed by atoms with van der Waals surface area (Å²) in [6.07, 6.45) is 5.88. The number of nitrogens with one attached hydrogen (secondary N) is 3. The van der Waals surface area contributed by atoms with Crippen LogP contribution in [0.4, 0.5) is 4.79 Å². The predicted octanol–water partition coefficient (Wildman–Crippen LogP) is 4.45. The van der Waals surface area contributed by atoms with E-state index in [-0.39, 0.29) is 50.3 Å². The topological polar surface area (TPSA) is 123 Å². The summed E-state index contributed by atoms with van der Waals surface area (Å²) in [5.74, 6) is 1.10. The quantitative estimate of drug-likeness (QED) is 0.136. The number of ether oxygens (including phenoxy) is 2. The van der Waals surface area contributed by atoms with E-state index in [1.807, 2.05) is 66.7 Å². The van der Waals surface area contributed by atoms with Crippen LogP contribution in [0.2, 0.25) is 0 Å². The van der Waals surface area contributed by atoms with Crippen molar-refractivity contribution in [3.63, 3.8) is 0 Å². The molecule has 3 aromatic carbocycles. The van der Waals surface area contributed by atoms with Gasteiger partial charge in [0.1, 0.15) is 19.3 Å². The molecule has 1 aliphatic rings. The number of hydrogen-bond donors (Lipinski definition) is 3. The molecule has 0 spiro atoms. The molecule has 1 atom stereocenters. The Hall–Kier alpha value is -5.10. The lowest BCUT2D eigenvalue weighted by Crippen LogP contribution is -2.42. The molecule has 0 unspecified atom stereocenters. The van der Waals surface area contributed by atoms with Gasteiger partial charge in [-0.05, 0) is 47.1 Å². The largest absolute Gasteiger partial charge is 0.459 e. The number of esters is 1. The lowest BCUT2D eigenvalue weighted by atomic mass is 9.98. The fraction of sp³-hybridized carbons (Fsp3) is 0.314. The molecule has 0 heterocycles. The number of carbonyl (C=O) groups is 4. The fourth-order valence-corrected chi connectivity index (χ4v) is 5.12. The third kappa shape index (κ3) is 9.20. The lowest BCUT2D eigenvalue weighted by Gasteiger charge is -2.19. The average Bonchev–Trinajstić information content (AvgIpc) is 3.37. The molecule has 3 aromatic rings. The van der Waals surface area contributed by atoms with Gasteiger partial charge in [-0.25, -0.2) is 9.59 Å². The number of unbranched alkanes of at least 4 members (excludes halogenated alkanes) is 1. The highest BCUT2D eigenvalue weighted by atomic mass is 16.6. The van der Waals surface area contributed by atoms with E-state index in [4.69, 9.17) is 15.9 Å². The van der Waals surface area contributed by atoms with Crippen LogP contribution in [-0.2, 0) is 30.5 Å². The minimum absolute atomic E-state index is 0.0485. The number of alkyl carbamates (subject to hydrolysis) is 1. The van der Waals surface area contributed by atoms with Crippen LogP contribution in [0.25, 0.3) is 11.1 Å². The zero-order valence-electron chi connectivity index (χ0n) is 24.6. The van der Waals surface area contributed by atoms with Gasteiger partial charge in [0.2, 0.25) is 11.8 Å². The van der Waals surface area contributed by atoms with Crippen LogP contribution in [0.1, 0.15) is 54.7 Å². The monoisotopic (exact) mass is 595 g/mol. The number of rotatable bonds is 15. The number of fused-ring (bicyclic) bond motifs is 3. The fourth-order valence-electron chi connectivity index (χ4n) is 5.12. The van der Waals surface area contributed by atoms with Crippen LogP contribution in [0.15, 0.2) is 78.9 Å². The summed E-state index contributed by atoms with van der Waals surface area (Å²) in [6.45, 7) is 0.687. The van der Waals surface area contributed by atoms with Crippen LogP contribution in [0.3, 0.4) is 0 Å². The van der Waals surface area contributed by atoms with Crippen molar-refractivity contribution in [3.05, 3.63) is 95.6 Å². The zero-order chi connectivity index (χ0) is 31.1. The summed E-state index contributed by atoms with van der Waals surface area (Å²) >= 11 is 0. The molecule has 0 aliphatic heterocycles. The molecule has 44 heavy (non-hydrogen) atoms. The van der Waals surface area contributed by atoms with E-state index < -0.39 is 18.1 Å². The standard InChI is InChI=1S/C35H37N3O6/c1-2-21-36-32(39)19-20-33(40)37-22-11-10-18-31(34(41)43-23-25-12-4-3-5-13-25)38-35(42)44-24-30-28-16-8-6-14-26(28)27-15-7-9-17-29(27)30/h1,3-9,12-17,30-31H,10-11,18-24H2,(H,36,39)(H,37,40)(H,38,42)/t31-/m1/s1. The Morgan fingerprint density at radius 2 is 1.39 bits per heavy atom. The molecule has 228 valence electrons. The third-order valence-electron chi connectivity index (χ3n) is 7.35. The maximum atomic E-state index is 13.0. The number of terminal acetylenes is 1. The van der Waals surface area contributed by atoms with Crippen LogP contribution in [-0.4, -0.2) is 49.6 Å². The van der Waals surface area contributed by atoms with Gasteiger partial charge in [0.15, 0.2) is 0 Å². The highest BCUT2D eigenvalue weighted by molar-refractivity contribution is 5.84. The Labute approximate surface area is 257 Å². The van der Waals surface area contributed by atoms with E-state index in [2.05, 4.69) is 34.0 Å². The van der Waals surface area contributed by atoms with Gasteiger partial charge in [0.25, 0.3) is 0 Å². The Balaban J connectivity index is 1.28. The highest BCUT2D eigenvalue weighted by Gasteiger charge is 2.30. The molecular weight excluding hydrogens is 558 g/mol. The second-order valence-electron chi connectivity index (χ2n) is 10.4. The molecule has 3 amide bonds. The van der Waals surface area contributed by atoms with Crippen LogP contribution >= 0.6 is 0 Å². The van der Waals surface area contributed by atoms with E-state index in [1.165, 1.54) is 0 Å². The van der Waals surface area contributed by atoms with Gasteiger partial charge in [-0.3, -0.25) is 9.59 Å². The summed E-state index contributed by atoms with van der Waals surface area (Å²) in [4.78, 5) is 49.6. The Morgan fingerprint density at radius 3 is 2.05 bits per heavy atom. The Kier molecular flexibility index (Phi) is 11.9. The second kappa shape index (κ2) is 16.5. The minimum Gasteiger partial charge on any atom is -0.459 e. The summed E-state index contributed by atoms with van der Waals surface area (Å²) in [6, 6.07) is 24.5. The first-order valence-corrected chi connectivity index (χ1v) is 14.7. The SMILES string of the molecule is C#CCNC(=O)CCC(=O)NCCCC[C@@H](NC(=O)OCC1c2ccccc2-c2ccccc21)C(=O)OCc1ccccc1. The van der Waals surface area contributed by atoms with Gasteiger partial charge in [-0.1, -0.05) is 84.8 Å². The zero-order valence-corrected chi connectivity index (χ0v) is 24.6. The average molecular weight is 596 g/mol. The van der Waals surface area contributed by atoms with E-state index in [0.29, 0.717) is 25.8 Å². The van der Waals surface area contributed by atoms with Crippen molar-refractivity contribution in [2.75, 3.05) is 19.7 Å². The second-order valence-corrected chi connectivity index (χ2v) is 10.4. The maximum Gasteiger partial charge on any atom is 0.407 e. The molecule has 0 fully saturated rings. The lowest BCUT2D eigenvalue weighted by molar-refractivity contribution is -0.147. The van der Waals surface area contributed by atoms with Crippen molar-refractivity contribution >= 4 is 23.9 Å². The first-order chi connectivity index (χ1) is 21.5. The van der Waals surface area contributed by atoms with E-state index >= 15 is 0 Å². The van der Waals surface area contributed by atoms with Gasteiger partial charge < -0.3 is 25.4 Å². The van der Waals surface area contributed by atoms with Gasteiger partial charge >= 0.3 is 12.1 Å². The van der Waals surface area contributed by atoms with Gasteiger partial charge in [0.05, 0.1) is 6.54 Å². The summed E-state index contributed by atoms with van der Waals surface area (Å²) in [5.41, 5.74) is 5.26. The normalized spacial score (nSPS) is 12.2. The molecule has 4 rings (SSSR count). The molecule has 3 N–H and O–H groups in total. The van der Waals surface area contributed by atoms with Crippen molar-refractivity contribution in [1.29, 1.82) is 0 Å². The molecule has 0 bridgehead atoms. The first kappa shape index (κ1) is 31.8. The summed E-state index contributed by atoms with van der Waals surface area (Å²) < 4.78 is 11.2. The molecule has 9 heteroatoms. The third-order valence-corrected chi connectivity index (χ3v) is 7.35. The molecule has 0 saturated heterocycles. The van der Waals surface area contributed by atoms with E-state index in [9.17, 15) is 19.2 Å². The van der Waals surface area contributed by atoms with Crippen molar-refractivity contribution in [3.8, 4) is 23.5 Å². The van der Waals surface area contributed by atoms with Gasteiger partial charge in [-0.2, -0.15) is 0 Å². The summed E-state index contributed by atoms with van der Waals surface area (Å²) in [5, 5.41) is 7.97. The molecule has 9 nitrogen and oxygen atoms in total. The molecule has 0 saturated carbocycles. The van der Waals surface area contributed by atoms with E-state index in [1.54, 1.807) is 0 Å². The van der Waals surface area contributed by atoms with Crippen molar-refractivity contribution in [2.45, 2.75) is 50.7 Å². The first-order valence-electron chi connectivity index (χ1n) is 14.7. The minimum atomic E-state index is -0.926. The Bertz CT molecular complexity index is 1440. The maximum absolute atomic E-state index is 13.0. The molecule has 0 aromatic heterocycles. The summed E-state index contributed by atoms with van der Waals surface area (Å²) in [7, 11) is 0. The molecule has 0 radical (unpaired) electrons. The van der Waals surface area contributed by atoms with E-state index in [0.717, 1.165) is 27.8 Å². The van der Waals surface area contributed by atoms with Gasteiger partial charge in [0, 0.05) is 25.3 Å². The van der Waals surface area contributed by atoms with Crippen molar-refractivity contribution in [1.82, 2.24) is 16.0 Å². The van der Waals surface area contributed by atoms with Gasteiger partial charge in [-0.15, -0.1) is 6.42 Å². The van der Waals surface area contributed by atoms with Crippen molar-refractivity contribution < 1.29 is 28.7 Å². The smallest absolute Gasteiger partial charge is 0.407 e. The van der Waals surface area contributed by atoms with Crippen LogP contribution < -0.4 is 16.0 Å². The number of amides is 3. The van der Waals surface area contributed by atoms with Crippen molar-refractivity contribution in [2.24, 2.45) is 0 Å². The Morgan fingerprint density at radius 1 is 0.773 bits per heavy atom. The molecular formula is C35H37N3O6. The number of hydrogen-bond acceptors (Lipinski definition) is 6. The predicted molar refractivity (Wildman–Crippen MR) is 166 cm³/mol. The molecule has 1 aliphatic carbocycles. The highest BCUT2D eigenvalue weighted by Crippen LogP contribution is 2.44. The van der Waals surface area contributed by atoms with Crippen LogP contribution in [0, 0.1) is 12.3 Å².